The highest BCUT2D eigenvalue weighted by atomic mass is 16.2. The minimum absolute atomic E-state index is 0.0735. The van der Waals surface area contributed by atoms with E-state index in [9.17, 15) is 9.59 Å². The minimum Gasteiger partial charge on any atom is -0.339 e. The van der Waals surface area contributed by atoms with Crippen molar-refractivity contribution in [3.05, 3.63) is 29.8 Å². The van der Waals surface area contributed by atoms with Gasteiger partial charge in [0.15, 0.2) is 0 Å². The summed E-state index contributed by atoms with van der Waals surface area (Å²) in [5.74, 6) is 0.517. The van der Waals surface area contributed by atoms with Gasteiger partial charge in [0.2, 0.25) is 5.91 Å². The van der Waals surface area contributed by atoms with Crippen LogP contribution in [0.3, 0.4) is 0 Å². The number of nitrogens with one attached hydrogen (secondary N) is 1. The van der Waals surface area contributed by atoms with E-state index >= 15 is 0 Å². The first-order chi connectivity index (χ1) is 12.1. The fraction of sp³-hybridized carbons (Fsp3) is 0.600. The van der Waals surface area contributed by atoms with E-state index in [1.54, 1.807) is 24.3 Å². The lowest BCUT2D eigenvalue weighted by Crippen LogP contribution is -2.37. The van der Waals surface area contributed by atoms with Crippen LogP contribution in [0.25, 0.3) is 0 Å². The van der Waals surface area contributed by atoms with Crippen molar-refractivity contribution in [3.63, 3.8) is 0 Å². The van der Waals surface area contributed by atoms with Crippen LogP contribution in [0.5, 0.6) is 0 Å². The Kier molecular flexibility index (Phi) is 6.08. The zero-order valence-corrected chi connectivity index (χ0v) is 14.9. The van der Waals surface area contributed by atoms with Crippen LogP contribution in [0.4, 0.5) is 5.69 Å². The van der Waals surface area contributed by atoms with E-state index in [4.69, 9.17) is 5.73 Å². The van der Waals surface area contributed by atoms with E-state index in [2.05, 4.69) is 5.32 Å². The van der Waals surface area contributed by atoms with Crippen molar-refractivity contribution in [2.24, 2.45) is 11.7 Å². The van der Waals surface area contributed by atoms with Gasteiger partial charge < -0.3 is 16.0 Å². The molecule has 1 aliphatic heterocycles. The van der Waals surface area contributed by atoms with Crippen molar-refractivity contribution < 1.29 is 9.59 Å². The number of amides is 2. The molecule has 25 heavy (non-hydrogen) atoms. The molecule has 1 aliphatic carbocycles. The molecule has 0 spiro atoms. The zero-order chi connectivity index (χ0) is 17.6. The molecule has 136 valence electrons. The van der Waals surface area contributed by atoms with Crippen LogP contribution >= 0.6 is 0 Å². The van der Waals surface area contributed by atoms with Crippen LogP contribution in [0, 0.1) is 5.92 Å². The summed E-state index contributed by atoms with van der Waals surface area (Å²) in [6, 6.07) is 6.67. The van der Waals surface area contributed by atoms with Crippen LogP contribution in [0.1, 0.15) is 61.7 Å². The van der Waals surface area contributed by atoms with Crippen molar-refractivity contribution in [3.8, 4) is 0 Å². The fourth-order valence-corrected chi connectivity index (χ4v) is 3.92. The van der Waals surface area contributed by atoms with Crippen molar-refractivity contribution in [2.45, 2.75) is 57.4 Å². The molecular weight excluding hydrogens is 314 g/mol. The van der Waals surface area contributed by atoms with Gasteiger partial charge in [-0.1, -0.05) is 32.1 Å². The summed E-state index contributed by atoms with van der Waals surface area (Å²) in [5, 5.41) is 2.88. The molecule has 2 fully saturated rings. The number of carbonyl (C=O) groups is 2. The molecule has 2 aliphatic rings. The molecule has 1 atom stereocenters. The monoisotopic (exact) mass is 343 g/mol. The van der Waals surface area contributed by atoms with Crippen molar-refractivity contribution >= 4 is 17.5 Å². The molecule has 5 nitrogen and oxygen atoms in total. The molecule has 0 radical (unpaired) electrons. The molecule has 3 N–H and O–H groups in total. The molecule has 1 unspecified atom stereocenters. The molecule has 3 rings (SSSR count). The highest BCUT2D eigenvalue weighted by Gasteiger charge is 2.22. The molecule has 1 saturated heterocycles. The minimum atomic E-state index is -0.464. The quantitative estimate of drug-likeness (QED) is 0.862. The number of anilines is 1. The Hall–Kier alpha value is -1.88. The second kappa shape index (κ2) is 8.48. The Bertz CT molecular complexity index is 587. The van der Waals surface area contributed by atoms with Crippen LogP contribution in [-0.2, 0) is 4.79 Å². The maximum absolute atomic E-state index is 12.3. The third-order valence-corrected chi connectivity index (χ3v) is 5.44. The third kappa shape index (κ3) is 4.82. The average Bonchev–Trinajstić information content (AvgIpc) is 3.17. The Labute approximate surface area is 150 Å². The van der Waals surface area contributed by atoms with Crippen LogP contribution in [-0.4, -0.2) is 35.8 Å². The number of carbonyl (C=O) groups excluding carboxylic acids is 2. The van der Waals surface area contributed by atoms with Gasteiger partial charge in [-0.05, 0) is 49.4 Å². The summed E-state index contributed by atoms with van der Waals surface area (Å²) < 4.78 is 0. The third-order valence-electron chi connectivity index (χ3n) is 5.44. The summed E-state index contributed by atoms with van der Waals surface area (Å²) >= 11 is 0. The Morgan fingerprint density at radius 2 is 1.68 bits per heavy atom. The van der Waals surface area contributed by atoms with E-state index in [0.29, 0.717) is 17.2 Å². The van der Waals surface area contributed by atoms with E-state index < -0.39 is 6.04 Å². The summed E-state index contributed by atoms with van der Waals surface area (Å²) in [4.78, 5) is 26.5. The van der Waals surface area contributed by atoms with Crippen LogP contribution in [0.2, 0.25) is 0 Å². The Balaban J connectivity index is 1.51. The van der Waals surface area contributed by atoms with Gasteiger partial charge in [-0.15, -0.1) is 0 Å². The maximum atomic E-state index is 12.3. The number of benzene rings is 1. The zero-order valence-electron chi connectivity index (χ0n) is 14.9. The molecular formula is C20H29N3O2. The Morgan fingerprint density at radius 1 is 1.04 bits per heavy atom. The maximum Gasteiger partial charge on any atom is 0.253 e. The van der Waals surface area contributed by atoms with Gasteiger partial charge in [0, 0.05) is 24.3 Å². The summed E-state index contributed by atoms with van der Waals surface area (Å²) in [6.45, 7) is 1.68. The predicted molar refractivity (Wildman–Crippen MR) is 99.4 cm³/mol. The number of hydrogen-bond donors (Lipinski definition) is 2. The summed E-state index contributed by atoms with van der Waals surface area (Å²) in [5.41, 5.74) is 7.45. The van der Waals surface area contributed by atoms with Gasteiger partial charge in [-0.25, -0.2) is 0 Å². The summed E-state index contributed by atoms with van der Waals surface area (Å²) in [7, 11) is 0. The number of nitrogens with zero attached hydrogens (tertiary/aromatic N) is 1. The molecule has 1 heterocycles. The fourth-order valence-electron chi connectivity index (χ4n) is 3.92. The van der Waals surface area contributed by atoms with Gasteiger partial charge in [0.05, 0.1) is 6.04 Å². The predicted octanol–water partition coefficient (Wildman–Crippen LogP) is 3.16. The lowest BCUT2D eigenvalue weighted by Gasteiger charge is -2.24. The van der Waals surface area contributed by atoms with Crippen molar-refractivity contribution in [1.82, 2.24) is 4.90 Å². The molecule has 1 saturated carbocycles. The van der Waals surface area contributed by atoms with Gasteiger partial charge >= 0.3 is 0 Å². The topological polar surface area (TPSA) is 75.4 Å². The van der Waals surface area contributed by atoms with Gasteiger partial charge in [0.1, 0.15) is 0 Å². The van der Waals surface area contributed by atoms with Crippen molar-refractivity contribution in [1.29, 1.82) is 0 Å². The second-order valence-electron chi connectivity index (χ2n) is 7.41. The number of likely N-dealkylation sites (tertiary alicyclic amines) is 1. The van der Waals surface area contributed by atoms with E-state index in [1.807, 2.05) is 4.90 Å². The van der Waals surface area contributed by atoms with Gasteiger partial charge in [0.25, 0.3) is 5.91 Å². The molecule has 2 amide bonds. The van der Waals surface area contributed by atoms with E-state index in [1.165, 1.54) is 32.1 Å². The largest absolute Gasteiger partial charge is 0.339 e. The van der Waals surface area contributed by atoms with Gasteiger partial charge in [-0.3, -0.25) is 9.59 Å². The molecule has 0 bridgehead atoms. The smallest absolute Gasteiger partial charge is 0.253 e. The van der Waals surface area contributed by atoms with E-state index in [-0.39, 0.29) is 11.8 Å². The SMILES string of the molecule is NC(CC1CCCCC1)C(=O)Nc1ccc(C(=O)N2CCCC2)cc1. The molecule has 1 aromatic rings. The molecule has 1 aromatic carbocycles. The average molecular weight is 343 g/mol. The lowest BCUT2D eigenvalue weighted by molar-refractivity contribution is -0.117. The second-order valence-corrected chi connectivity index (χ2v) is 7.41. The first kappa shape index (κ1) is 17.9. The van der Waals surface area contributed by atoms with Crippen LogP contribution in [0.15, 0.2) is 24.3 Å². The van der Waals surface area contributed by atoms with Gasteiger partial charge in [-0.2, -0.15) is 0 Å². The first-order valence-electron chi connectivity index (χ1n) is 9.59. The normalized spacial score (nSPS) is 19.6. The highest BCUT2D eigenvalue weighted by molar-refractivity contribution is 5.97. The standard InChI is InChI=1S/C20H29N3O2/c21-18(14-15-6-2-1-3-7-15)19(24)22-17-10-8-16(9-11-17)20(25)23-12-4-5-13-23/h8-11,15,18H,1-7,12-14,21H2,(H,22,24). The van der Waals surface area contributed by atoms with E-state index in [0.717, 1.165) is 32.4 Å². The number of nitrogens with two attached hydrogens (primary N) is 1. The van der Waals surface area contributed by atoms with Crippen LogP contribution < -0.4 is 11.1 Å². The number of hydrogen-bond acceptors (Lipinski definition) is 3. The lowest BCUT2D eigenvalue weighted by atomic mass is 9.85. The highest BCUT2D eigenvalue weighted by Crippen LogP contribution is 2.27. The number of rotatable bonds is 5. The van der Waals surface area contributed by atoms with Crippen molar-refractivity contribution in [2.75, 3.05) is 18.4 Å². The molecule has 0 aromatic heterocycles. The summed E-state index contributed by atoms with van der Waals surface area (Å²) in [6.07, 6.45) is 9.12. The first-order valence-corrected chi connectivity index (χ1v) is 9.59. The Morgan fingerprint density at radius 3 is 2.32 bits per heavy atom. The molecule has 5 heteroatoms.